The Bertz CT molecular complexity index is 1010. The van der Waals surface area contributed by atoms with Gasteiger partial charge in [-0.1, -0.05) is 6.92 Å². The van der Waals surface area contributed by atoms with Crippen molar-refractivity contribution in [2.45, 2.75) is 64.6 Å². The molecule has 5 rings (SSSR count). The fourth-order valence-electron chi connectivity index (χ4n) is 6.33. The molecule has 3 aliphatic heterocycles. The second-order valence-corrected chi connectivity index (χ2v) is 10.5. The Balaban J connectivity index is 1.23. The molecule has 36 heavy (non-hydrogen) atoms. The topological polar surface area (TPSA) is 33.1 Å². The number of rotatable bonds is 7. The molecule has 0 bridgehead atoms. The Morgan fingerprint density at radius 3 is 2.25 bits per heavy atom. The van der Waals surface area contributed by atoms with Gasteiger partial charge in [0.1, 0.15) is 5.75 Å². The number of benzene rings is 1. The third-order valence-electron chi connectivity index (χ3n) is 8.07. The molecule has 4 heterocycles. The molecule has 0 amide bonds. The minimum atomic E-state index is -3.18. The van der Waals surface area contributed by atoms with Crippen molar-refractivity contribution in [2.24, 2.45) is 0 Å². The molecule has 0 N–H and O–H groups in total. The normalized spacial score (nSPS) is 22.9. The van der Waals surface area contributed by atoms with E-state index in [-0.39, 0.29) is 5.75 Å². The lowest BCUT2D eigenvalue weighted by atomic mass is 10.0. The van der Waals surface area contributed by atoms with E-state index in [0.717, 1.165) is 64.1 Å². The molecule has 3 fully saturated rings. The number of anilines is 1. The number of halogens is 2. The fraction of sp³-hybridized carbons (Fsp3) is 0.643. The summed E-state index contributed by atoms with van der Waals surface area (Å²) in [6.07, 6.45) is 1.39. The van der Waals surface area contributed by atoms with Gasteiger partial charge >= 0.3 is 6.11 Å². The predicted octanol–water partition coefficient (Wildman–Crippen LogP) is 4.71. The zero-order valence-corrected chi connectivity index (χ0v) is 21.9. The maximum absolute atomic E-state index is 13.2. The monoisotopic (exact) mass is 502 g/mol. The number of aryl methyl sites for hydroxylation is 1. The van der Waals surface area contributed by atoms with Crippen molar-refractivity contribution in [3.05, 3.63) is 41.7 Å². The molecule has 1 aromatic carbocycles. The van der Waals surface area contributed by atoms with E-state index in [1.54, 1.807) is 12.1 Å². The Morgan fingerprint density at radius 1 is 0.944 bits per heavy atom. The molecular formula is C28H40F2N4O2. The van der Waals surface area contributed by atoms with E-state index in [0.29, 0.717) is 12.1 Å². The Labute approximate surface area is 213 Å². The standard InChI is InChI=1S/C28H40F2N4O2/c1-4-26-27(19-21(2)34(26)23-5-7-25(8-6-23)36-28(3,29)30)32-12-9-22(10-13-32)33-14-11-24(20-33)31-15-17-35-18-16-31/h5-8,19,22,24H,4,9-18,20H2,1-3H3. The van der Waals surface area contributed by atoms with Gasteiger partial charge in [-0.2, -0.15) is 8.78 Å². The summed E-state index contributed by atoms with van der Waals surface area (Å²) in [6, 6.07) is 10.6. The van der Waals surface area contributed by atoms with Gasteiger partial charge in [0, 0.05) is 75.4 Å². The van der Waals surface area contributed by atoms with Crippen molar-refractivity contribution >= 4 is 5.69 Å². The lowest BCUT2D eigenvalue weighted by Gasteiger charge is -2.38. The van der Waals surface area contributed by atoms with Crippen LogP contribution in [0.4, 0.5) is 14.5 Å². The zero-order chi connectivity index (χ0) is 25.3. The summed E-state index contributed by atoms with van der Waals surface area (Å²) >= 11 is 0. The number of alkyl halides is 2. The minimum Gasteiger partial charge on any atom is -0.433 e. The van der Waals surface area contributed by atoms with Crippen LogP contribution in [0.15, 0.2) is 30.3 Å². The lowest BCUT2D eigenvalue weighted by molar-refractivity contribution is -0.158. The van der Waals surface area contributed by atoms with Gasteiger partial charge in [-0.25, -0.2) is 0 Å². The van der Waals surface area contributed by atoms with E-state index in [1.807, 2.05) is 12.1 Å². The molecule has 1 atom stereocenters. The average Bonchev–Trinajstić information content (AvgIpc) is 3.49. The summed E-state index contributed by atoms with van der Waals surface area (Å²) in [4.78, 5) is 7.91. The number of nitrogens with zero attached hydrogens (tertiary/aromatic N) is 4. The van der Waals surface area contributed by atoms with E-state index in [2.05, 4.69) is 39.2 Å². The summed E-state index contributed by atoms with van der Waals surface area (Å²) in [6.45, 7) is 13.5. The first-order valence-corrected chi connectivity index (χ1v) is 13.5. The maximum atomic E-state index is 13.2. The van der Waals surface area contributed by atoms with Gasteiger partial charge < -0.3 is 18.9 Å². The number of morpholine rings is 1. The Morgan fingerprint density at radius 2 is 1.61 bits per heavy atom. The number of ether oxygens (including phenoxy) is 2. The van der Waals surface area contributed by atoms with Crippen molar-refractivity contribution in [3.8, 4) is 11.4 Å². The van der Waals surface area contributed by atoms with E-state index < -0.39 is 6.11 Å². The molecule has 6 nitrogen and oxygen atoms in total. The summed E-state index contributed by atoms with van der Waals surface area (Å²) in [5, 5.41) is 0. The molecule has 2 aromatic rings. The summed E-state index contributed by atoms with van der Waals surface area (Å²) in [5.74, 6) is 0.175. The van der Waals surface area contributed by atoms with Gasteiger partial charge in [0.15, 0.2) is 0 Å². The van der Waals surface area contributed by atoms with E-state index in [4.69, 9.17) is 9.47 Å². The average molecular weight is 503 g/mol. The smallest absolute Gasteiger partial charge is 0.394 e. The van der Waals surface area contributed by atoms with E-state index >= 15 is 0 Å². The van der Waals surface area contributed by atoms with Crippen LogP contribution in [-0.4, -0.2) is 85.0 Å². The molecule has 1 aromatic heterocycles. The SMILES string of the molecule is CCc1c(N2CCC(N3CCC(N4CCOCC4)C3)CC2)cc(C)n1-c1ccc(OC(C)(F)F)cc1. The van der Waals surface area contributed by atoms with Gasteiger partial charge in [-0.3, -0.25) is 9.80 Å². The number of piperidine rings is 1. The fourth-order valence-corrected chi connectivity index (χ4v) is 6.33. The van der Waals surface area contributed by atoms with Crippen molar-refractivity contribution < 1.29 is 18.3 Å². The molecule has 198 valence electrons. The first kappa shape index (κ1) is 25.5. The number of likely N-dealkylation sites (tertiary alicyclic amines) is 1. The molecule has 0 saturated carbocycles. The van der Waals surface area contributed by atoms with E-state index in [9.17, 15) is 8.78 Å². The van der Waals surface area contributed by atoms with Crippen LogP contribution in [-0.2, 0) is 11.2 Å². The van der Waals surface area contributed by atoms with Crippen LogP contribution >= 0.6 is 0 Å². The van der Waals surface area contributed by atoms with Gasteiger partial charge in [0.25, 0.3) is 0 Å². The lowest BCUT2D eigenvalue weighted by Crippen LogP contribution is -2.47. The van der Waals surface area contributed by atoms with Crippen molar-refractivity contribution in [3.63, 3.8) is 0 Å². The highest BCUT2D eigenvalue weighted by atomic mass is 19.3. The molecule has 3 aliphatic rings. The summed E-state index contributed by atoms with van der Waals surface area (Å²) in [5.41, 5.74) is 4.71. The van der Waals surface area contributed by atoms with Crippen molar-refractivity contribution in [2.75, 3.05) is 57.4 Å². The van der Waals surface area contributed by atoms with Gasteiger partial charge in [0.2, 0.25) is 0 Å². The second kappa shape index (κ2) is 10.7. The highest BCUT2D eigenvalue weighted by Crippen LogP contribution is 2.33. The van der Waals surface area contributed by atoms with Crippen LogP contribution in [0.3, 0.4) is 0 Å². The Hall–Kier alpha value is -2.16. The third-order valence-corrected chi connectivity index (χ3v) is 8.07. The quantitative estimate of drug-likeness (QED) is 0.548. The first-order chi connectivity index (χ1) is 17.3. The molecule has 0 spiro atoms. The molecule has 3 saturated heterocycles. The van der Waals surface area contributed by atoms with Crippen molar-refractivity contribution in [1.82, 2.24) is 14.4 Å². The summed E-state index contributed by atoms with van der Waals surface area (Å²) in [7, 11) is 0. The van der Waals surface area contributed by atoms with E-state index in [1.165, 1.54) is 43.7 Å². The van der Waals surface area contributed by atoms with Crippen LogP contribution in [0.5, 0.6) is 5.75 Å². The van der Waals surface area contributed by atoms with Gasteiger partial charge in [-0.15, -0.1) is 0 Å². The van der Waals surface area contributed by atoms with Crippen LogP contribution in [0.25, 0.3) is 5.69 Å². The number of aromatic nitrogens is 1. The van der Waals surface area contributed by atoms with Crippen LogP contribution in [0, 0.1) is 6.92 Å². The largest absolute Gasteiger partial charge is 0.433 e. The van der Waals surface area contributed by atoms with Gasteiger partial charge in [-0.05, 0) is 62.9 Å². The minimum absolute atomic E-state index is 0.175. The molecule has 8 heteroatoms. The van der Waals surface area contributed by atoms with Crippen LogP contribution in [0.1, 0.15) is 44.5 Å². The Kier molecular flexibility index (Phi) is 7.56. The van der Waals surface area contributed by atoms with Crippen LogP contribution in [0.2, 0.25) is 0 Å². The molecule has 0 radical (unpaired) electrons. The molecule has 1 unspecified atom stereocenters. The second-order valence-electron chi connectivity index (χ2n) is 10.5. The molecular weight excluding hydrogens is 462 g/mol. The highest BCUT2D eigenvalue weighted by molar-refractivity contribution is 5.58. The zero-order valence-electron chi connectivity index (χ0n) is 21.9. The summed E-state index contributed by atoms with van der Waals surface area (Å²) < 4.78 is 38.9. The number of hydrogen-bond donors (Lipinski definition) is 0. The number of hydrogen-bond acceptors (Lipinski definition) is 5. The van der Waals surface area contributed by atoms with Crippen LogP contribution < -0.4 is 9.64 Å². The van der Waals surface area contributed by atoms with Crippen molar-refractivity contribution in [1.29, 1.82) is 0 Å². The third kappa shape index (κ3) is 5.55. The maximum Gasteiger partial charge on any atom is 0.394 e. The predicted molar refractivity (Wildman–Crippen MR) is 139 cm³/mol. The highest BCUT2D eigenvalue weighted by Gasteiger charge is 2.34. The van der Waals surface area contributed by atoms with Gasteiger partial charge in [0.05, 0.1) is 18.9 Å². The first-order valence-electron chi connectivity index (χ1n) is 13.5. The molecule has 0 aliphatic carbocycles.